The molecule has 1 rings (SSSR count). The third-order valence-electron chi connectivity index (χ3n) is 1.48. The SMILES string of the molecule is O=C(NN1CCOCC1)C(Cl)Cl. The number of hydrogen-bond acceptors (Lipinski definition) is 3. The van der Waals surface area contributed by atoms with Crippen molar-refractivity contribution in [3.05, 3.63) is 0 Å². The van der Waals surface area contributed by atoms with Gasteiger partial charge in [0.05, 0.1) is 13.2 Å². The van der Waals surface area contributed by atoms with E-state index >= 15 is 0 Å². The topological polar surface area (TPSA) is 41.6 Å². The van der Waals surface area contributed by atoms with Crippen molar-refractivity contribution in [1.82, 2.24) is 10.4 Å². The maximum Gasteiger partial charge on any atom is 0.267 e. The van der Waals surface area contributed by atoms with Gasteiger partial charge in [-0.1, -0.05) is 23.2 Å². The van der Waals surface area contributed by atoms with E-state index in [0.717, 1.165) is 0 Å². The molecule has 0 atom stereocenters. The van der Waals surface area contributed by atoms with Gasteiger partial charge in [-0.25, -0.2) is 5.01 Å². The number of hydrazine groups is 1. The van der Waals surface area contributed by atoms with Gasteiger partial charge in [0, 0.05) is 13.1 Å². The summed E-state index contributed by atoms with van der Waals surface area (Å²) in [6.07, 6.45) is 0. The van der Waals surface area contributed by atoms with Gasteiger partial charge in [-0.2, -0.15) is 0 Å². The number of rotatable bonds is 2. The van der Waals surface area contributed by atoms with Gasteiger partial charge in [0.15, 0.2) is 4.84 Å². The molecule has 4 nitrogen and oxygen atoms in total. The van der Waals surface area contributed by atoms with E-state index in [9.17, 15) is 4.79 Å². The van der Waals surface area contributed by atoms with Gasteiger partial charge in [0.1, 0.15) is 0 Å². The molecule has 0 saturated carbocycles. The summed E-state index contributed by atoms with van der Waals surface area (Å²) in [6.45, 7) is 2.59. The van der Waals surface area contributed by atoms with Crippen molar-refractivity contribution < 1.29 is 9.53 Å². The Bertz CT molecular complexity index is 160. The van der Waals surface area contributed by atoms with E-state index in [1.54, 1.807) is 5.01 Å². The molecule has 1 aliphatic heterocycles. The molecule has 12 heavy (non-hydrogen) atoms. The number of nitrogens with zero attached hydrogens (tertiary/aromatic N) is 1. The molecule has 0 aromatic carbocycles. The molecule has 1 amide bonds. The lowest BCUT2D eigenvalue weighted by molar-refractivity contribution is -0.126. The smallest absolute Gasteiger partial charge is 0.267 e. The Hall–Kier alpha value is -0.0300. The number of carbonyl (C=O) groups excluding carboxylic acids is 1. The lowest BCUT2D eigenvalue weighted by Gasteiger charge is -2.26. The first-order valence-electron chi connectivity index (χ1n) is 3.61. The van der Waals surface area contributed by atoms with Crippen LogP contribution in [-0.2, 0) is 9.53 Å². The Kier molecular flexibility index (Phi) is 4.08. The molecule has 0 unspecified atom stereocenters. The van der Waals surface area contributed by atoms with Crippen LogP contribution in [-0.4, -0.2) is 42.1 Å². The van der Waals surface area contributed by atoms with E-state index in [-0.39, 0.29) is 5.91 Å². The molecule has 1 aliphatic rings. The average molecular weight is 213 g/mol. The number of nitrogens with one attached hydrogen (secondary N) is 1. The maximum atomic E-state index is 11.0. The first kappa shape index (κ1) is 10.1. The zero-order chi connectivity index (χ0) is 8.97. The predicted molar refractivity (Wildman–Crippen MR) is 46.0 cm³/mol. The van der Waals surface area contributed by atoms with Crippen molar-refractivity contribution in [1.29, 1.82) is 0 Å². The summed E-state index contributed by atoms with van der Waals surface area (Å²) in [5.74, 6) is -0.389. The van der Waals surface area contributed by atoms with Crippen LogP contribution in [0.15, 0.2) is 0 Å². The van der Waals surface area contributed by atoms with E-state index in [1.807, 2.05) is 0 Å². The molecule has 0 radical (unpaired) electrons. The van der Waals surface area contributed by atoms with Crippen LogP contribution < -0.4 is 5.43 Å². The number of morpholine rings is 1. The molecular weight excluding hydrogens is 203 g/mol. The first-order chi connectivity index (χ1) is 5.70. The maximum absolute atomic E-state index is 11.0. The van der Waals surface area contributed by atoms with E-state index in [4.69, 9.17) is 27.9 Å². The minimum absolute atomic E-state index is 0.389. The number of amides is 1. The zero-order valence-corrected chi connectivity index (χ0v) is 7.94. The van der Waals surface area contributed by atoms with Crippen LogP contribution in [0.2, 0.25) is 0 Å². The molecule has 1 fully saturated rings. The Balaban J connectivity index is 2.24. The summed E-state index contributed by atoms with van der Waals surface area (Å²) in [4.78, 5) is 9.95. The van der Waals surface area contributed by atoms with E-state index < -0.39 is 4.84 Å². The summed E-state index contributed by atoms with van der Waals surface area (Å²) in [6, 6.07) is 0. The summed E-state index contributed by atoms with van der Waals surface area (Å²) < 4.78 is 5.08. The quantitative estimate of drug-likeness (QED) is 0.664. The second kappa shape index (κ2) is 4.87. The fourth-order valence-electron chi connectivity index (χ4n) is 0.880. The normalized spacial score (nSPS) is 19.6. The monoisotopic (exact) mass is 212 g/mol. The fraction of sp³-hybridized carbons (Fsp3) is 0.833. The van der Waals surface area contributed by atoms with Crippen LogP contribution in [0.3, 0.4) is 0 Å². The number of carbonyl (C=O) groups is 1. The molecule has 1 heterocycles. The molecule has 1 N–H and O–H groups in total. The predicted octanol–water partition coefficient (Wildman–Crippen LogP) is 0.153. The third kappa shape index (κ3) is 3.15. The summed E-state index contributed by atoms with van der Waals surface area (Å²) in [5.41, 5.74) is 2.57. The number of hydrogen-bond donors (Lipinski definition) is 1. The Morgan fingerprint density at radius 3 is 2.50 bits per heavy atom. The second-order valence-corrected chi connectivity index (χ2v) is 3.47. The van der Waals surface area contributed by atoms with Gasteiger partial charge in [-0.15, -0.1) is 0 Å². The Morgan fingerprint density at radius 1 is 1.42 bits per heavy atom. The Labute approximate surface area is 80.7 Å². The van der Waals surface area contributed by atoms with Crippen molar-refractivity contribution in [3.8, 4) is 0 Å². The molecule has 70 valence electrons. The third-order valence-corrected chi connectivity index (χ3v) is 1.87. The van der Waals surface area contributed by atoms with Crippen molar-refractivity contribution in [2.75, 3.05) is 26.3 Å². The molecule has 0 bridgehead atoms. The van der Waals surface area contributed by atoms with E-state index in [0.29, 0.717) is 26.3 Å². The molecule has 6 heteroatoms. The molecule has 0 aromatic rings. The lowest BCUT2D eigenvalue weighted by atomic mass is 10.5. The summed E-state index contributed by atoms with van der Waals surface area (Å²) in [7, 11) is 0. The van der Waals surface area contributed by atoms with Gasteiger partial charge in [-0.3, -0.25) is 10.2 Å². The van der Waals surface area contributed by atoms with Crippen LogP contribution >= 0.6 is 23.2 Å². The highest BCUT2D eigenvalue weighted by atomic mass is 35.5. The first-order valence-corrected chi connectivity index (χ1v) is 4.49. The van der Waals surface area contributed by atoms with Crippen LogP contribution in [0.25, 0.3) is 0 Å². The van der Waals surface area contributed by atoms with Gasteiger partial charge >= 0.3 is 0 Å². The highest BCUT2D eigenvalue weighted by molar-refractivity contribution is 6.53. The van der Waals surface area contributed by atoms with Crippen molar-refractivity contribution in [3.63, 3.8) is 0 Å². The van der Waals surface area contributed by atoms with Crippen LogP contribution in [0.4, 0.5) is 0 Å². The second-order valence-electron chi connectivity index (χ2n) is 2.38. The standard InChI is InChI=1S/C6H10Cl2N2O2/c7-5(8)6(11)9-10-1-3-12-4-2-10/h5H,1-4H2,(H,9,11). The molecule has 0 aromatic heterocycles. The molecule has 0 aliphatic carbocycles. The van der Waals surface area contributed by atoms with E-state index in [1.165, 1.54) is 0 Å². The largest absolute Gasteiger partial charge is 0.379 e. The lowest BCUT2D eigenvalue weighted by Crippen LogP contribution is -2.49. The molecule has 0 spiro atoms. The molecular formula is C6H10Cl2N2O2. The minimum atomic E-state index is -1.01. The highest BCUT2D eigenvalue weighted by Gasteiger charge is 2.16. The minimum Gasteiger partial charge on any atom is -0.379 e. The van der Waals surface area contributed by atoms with Gasteiger partial charge in [0.25, 0.3) is 5.91 Å². The zero-order valence-electron chi connectivity index (χ0n) is 6.43. The van der Waals surface area contributed by atoms with Gasteiger partial charge in [-0.05, 0) is 0 Å². The van der Waals surface area contributed by atoms with E-state index in [2.05, 4.69) is 5.43 Å². The molecule has 1 saturated heterocycles. The summed E-state index contributed by atoms with van der Waals surface area (Å²) in [5, 5.41) is 1.74. The van der Waals surface area contributed by atoms with Gasteiger partial charge in [0.2, 0.25) is 0 Å². The average Bonchev–Trinajstić information content (AvgIpc) is 2.06. The van der Waals surface area contributed by atoms with Crippen LogP contribution in [0, 0.1) is 0 Å². The number of halogens is 2. The fourth-order valence-corrected chi connectivity index (χ4v) is 0.977. The summed E-state index contributed by atoms with van der Waals surface area (Å²) >= 11 is 10.7. The van der Waals surface area contributed by atoms with Gasteiger partial charge < -0.3 is 4.74 Å². The van der Waals surface area contributed by atoms with Crippen molar-refractivity contribution in [2.45, 2.75) is 4.84 Å². The van der Waals surface area contributed by atoms with Crippen molar-refractivity contribution in [2.24, 2.45) is 0 Å². The van der Waals surface area contributed by atoms with Crippen LogP contribution in [0.5, 0.6) is 0 Å². The highest BCUT2D eigenvalue weighted by Crippen LogP contribution is 2.01. The Morgan fingerprint density at radius 2 is 2.00 bits per heavy atom. The van der Waals surface area contributed by atoms with Crippen molar-refractivity contribution >= 4 is 29.1 Å². The number of alkyl halides is 2. The van der Waals surface area contributed by atoms with Crippen LogP contribution in [0.1, 0.15) is 0 Å². The number of ether oxygens (including phenoxy) is 1.